The molecule has 2 unspecified atom stereocenters. The lowest BCUT2D eigenvalue weighted by atomic mass is 10.0. The van der Waals surface area contributed by atoms with Gasteiger partial charge in [-0.2, -0.15) is 0 Å². The smallest absolute Gasteiger partial charge is 0.462 e. The van der Waals surface area contributed by atoms with Crippen molar-refractivity contribution >= 4 is 39.5 Å². The van der Waals surface area contributed by atoms with Crippen LogP contribution >= 0.6 is 15.6 Å². The third kappa shape index (κ3) is 70.5. The molecule has 3 N–H and O–H groups in total. The summed E-state index contributed by atoms with van der Waals surface area (Å²) >= 11 is 0. The first-order valence-electron chi connectivity index (χ1n) is 40.3. The number of unbranched alkanes of at least 4 members (excludes halogenated alkanes) is 52. The van der Waals surface area contributed by atoms with E-state index in [1.54, 1.807) is 0 Å². The standard InChI is InChI=1S/C77H150O17P2/c1-5-9-13-17-21-25-29-31-33-35-37-39-41-43-47-50-54-58-62-75(80)88-68-73(94-77(82)64-60-56-52-48-44-42-40-38-36-34-32-30-26-22-18-14-10-6-2)70-92-96(85,86)90-66-71(78)65-89-95(83,84)91-69-72(93-76(81)63-59-55-51-46-28-24-20-16-12-8-4)67-87-74(79)61-57-53-49-45-27-23-19-15-11-7-3/h71-73,78H,5-70H2,1-4H3,(H,83,84)(H,85,86)/t71-,72+,73+/m0/s1. The van der Waals surface area contributed by atoms with Crippen molar-refractivity contribution < 1.29 is 80.2 Å². The van der Waals surface area contributed by atoms with Crippen LogP contribution in [0.25, 0.3) is 0 Å². The molecule has 0 fully saturated rings. The molecule has 19 heteroatoms. The maximum absolute atomic E-state index is 13.1. The number of aliphatic hydroxyl groups is 1. The first-order valence-corrected chi connectivity index (χ1v) is 43.3. The quantitative estimate of drug-likeness (QED) is 0.0222. The summed E-state index contributed by atoms with van der Waals surface area (Å²) in [5, 5.41) is 10.6. The highest BCUT2D eigenvalue weighted by Crippen LogP contribution is 2.45. The number of rotatable bonds is 78. The van der Waals surface area contributed by atoms with Crippen LogP contribution in [-0.2, 0) is 65.4 Å². The van der Waals surface area contributed by atoms with Crippen molar-refractivity contribution in [3.63, 3.8) is 0 Å². The van der Waals surface area contributed by atoms with E-state index in [0.29, 0.717) is 25.7 Å². The molecule has 0 aliphatic heterocycles. The minimum Gasteiger partial charge on any atom is -0.462 e. The van der Waals surface area contributed by atoms with Gasteiger partial charge in [0.1, 0.15) is 19.3 Å². The second kappa shape index (κ2) is 71.5. The molecule has 0 rings (SSSR count). The van der Waals surface area contributed by atoms with E-state index in [2.05, 4.69) is 27.7 Å². The van der Waals surface area contributed by atoms with Crippen LogP contribution in [0.3, 0.4) is 0 Å². The number of hydrogen-bond donors (Lipinski definition) is 3. The van der Waals surface area contributed by atoms with E-state index in [1.807, 2.05) is 0 Å². The summed E-state index contributed by atoms with van der Waals surface area (Å²) < 4.78 is 68.5. The predicted octanol–water partition coefficient (Wildman–Crippen LogP) is 23.0. The van der Waals surface area contributed by atoms with Gasteiger partial charge in [-0.3, -0.25) is 37.3 Å². The SMILES string of the molecule is CCCCCCCCCCCCCCCCCCCCC(=O)OC[C@H](COP(=O)(O)OC[C@@H](O)COP(=O)(O)OC[C@@H](COC(=O)CCCCCCCCCCCC)OC(=O)CCCCCCCCCCCC)OC(=O)CCCCCCCCCCCCCCCCCCCC. The second-order valence-electron chi connectivity index (χ2n) is 27.7. The van der Waals surface area contributed by atoms with Crippen molar-refractivity contribution in [2.45, 2.75) is 431 Å². The molecule has 0 radical (unpaired) electrons. The van der Waals surface area contributed by atoms with Crippen LogP contribution in [0, 0.1) is 0 Å². The molecule has 0 saturated carbocycles. The van der Waals surface area contributed by atoms with E-state index in [4.69, 9.17) is 37.0 Å². The van der Waals surface area contributed by atoms with Crippen LogP contribution < -0.4 is 0 Å². The number of phosphoric acid groups is 2. The number of hydrogen-bond acceptors (Lipinski definition) is 15. The molecule has 0 saturated heterocycles. The Morgan fingerprint density at radius 2 is 0.417 bits per heavy atom. The van der Waals surface area contributed by atoms with Gasteiger partial charge in [0.25, 0.3) is 0 Å². The Bertz CT molecular complexity index is 1830. The van der Waals surface area contributed by atoms with Gasteiger partial charge in [-0.05, 0) is 25.7 Å². The lowest BCUT2D eigenvalue weighted by molar-refractivity contribution is -0.161. The van der Waals surface area contributed by atoms with Gasteiger partial charge in [0, 0.05) is 25.7 Å². The molecule has 570 valence electrons. The molecule has 0 aromatic rings. The van der Waals surface area contributed by atoms with E-state index in [0.717, 1.165) is 89.9 Å². The lowest BCUT2D eigenvalue weighted by Crippen LogP contribution is -2.30. The predicted molar refractivity (Wildman–Crippen MR) is 391 cm³/mol. The molecule has 0 bridgehead atoms. The van der Waals surface area contributed by atoms with Crippen molar-refractivity contribution in [3.05, 3.63) is 0 Å². The van der Waals surface area contributed by atoms with E-state index < -0.39 is 97.5 Å². The molecule has 0 heterocycles. The Balaban J connectivity index is 5.20. The fraction of sp³-hybridized carbons (Fsp3) is 0.948. The van der Waals surface area contributed by atoms with Crippen molar-refractivity contribution in [2.24, 2.45) is 0 Å². The summed E-state index contributed by atoms with van der Waals surface area (Å²) in [5.74, 6) is -2.11. The van der Waals surface area contributed by atoms with Crippen molar-refractivity contribution in [2.75, 3.05) is 39.6 Å². The summed E-state index contributed by atoms with van der Waals surface area (Å²) in [6.45, 7) is 4.98. The van der Waals surface area contributed by atoms with Gasteiger partial charge < -0.3 is 33.8 Å². The highest BCUT2D eigenvalue weighted by atomic mass is 31.2. The normalized spacial score (nSPS) is 13.9. The van der Waals surface area contributed by atoms with Crippen LogP contribution in [0.2, 0.25) is 0 Å². The van der Waals surface area contributed by atoms with Crippen LogP contribution in [-0.4, -0.2) is 96.7 Å². The molecule has 0 amide bonds. The zero-order chi connectivity index (χ0) is 70.4. The van der Waals surface area contributed by atoms with E-state index in [1.165, 1.54) is 244 Å². The van der Waals surface area contributed by atoms with Crippen molar-refractivity contribution in [3.8, 4) is 0 Å². The van der Waals surface area contributed by atoms with Gasteiger partial charge in [0.2, 0.25) is 0 Å². The van der Waals surface area contributed by atoms with Crippen LogP contribution in [0.4, 0.5) is 0 Å². The number of ether oxygens (including phenoxy) is 4. The van der Waals surface area contributed by atoms with Crippen LogP contribution in [0.1, 0.15) is 413 Å². The Kier molecular flexibility index (Phi) is 70.0. The fourth-order valence-corrected chi connectivity index (χ4v) is 13.5. The Hall–Kier alpha value is -1.94. The fourth-order valence-electron chi connectivity index (χ4n) is 11.9. The zero-order valence-electron chi connectivity index (χ0n) is 62.4. The summed E-state index contributed by atoms with van der Waals surface area (Å²) in [6, 6.07) is 0. The molecule has 0 aromatic carbocycles. The van der Waals surface area contributed by atoms with Crippen LogP contribution in [0.5, 0.6) is 0 Å². The number of carbonyl (C=O) groups is 4. The number of carbonyl (C=O) groups excluding carboxylic acids is 4. The first-order chi connectivity index (χ1) is 46.7. The minimum atomic E-state index is -4.96. The van der Waals surface area contributed by atoms with Gasteiger partial charge >= 0.3 is 39.5 Å². The first kappa shape index (κ1) is 94.1. The molecule has 96 heavy (non-hydrogen) atoms. The number of esters is 4. The summed E-state index contributed by atoms with van der Waals surface area (Å²) in [4.78, 5) is 72.8. The highest BCUT2D eigenvalue weighted by Gasteiger charge is 2.30. The molecule has 17 nitrogen and oxygen atoms in total. The zero-order valence-corrected chi connectivity index (χ0v) is 64.1. The van der Waals surface area contributed by atoms with Gasteiger partial charge in [-0.1, -0.05) is 362 Å². The van der Waals surface area contributed by atoms with Gasteiger partial charge in [-0.15, -0.1) is 0 Å². The third-order valence-electron chi connectivity index (χ3n) is 18.1. The van der Waals surface area contributed by atoms with Crippen molar-refractivity contribution in [1.82, 2.24) is 0 Å². The average molecular weight is 1410 g/mol. The maximum atomic E-state index is 13.1. The van der Waals surface area contributed by atoms with Gasteiger partial charge in [0.15, 0.2) is 12.2 Å². The summed E-state index contributed by atoms with van der Waals surface area (Å²) in [7, 11) is -9.91. The van der Waals surface area contributed by atoms with Crippen molar-refractivity contribution in [1.29, 1.82) is 0 Å². The number of phosphoric ester groups is 2. The van der Waals surface area contributed by atoms with Gasteiger partial charge in [0.05, 0.1) is 26.4 Å². The molecule has 0 aromatic heterocycles. The molecular weight excluding hydrogens is 1260 g/mol. The topological polar surface area (TPSA) is 237 Å². The molecule has 0 aliphatic carbocycles. The molecule has 0 aliphatic rings. The molecule has 5 atom stereocenters. The Labute approximate surface area is 588 Å². The second-order valence-corrected chi connectivity index (χ2v) is 30.7. The lowest BCUT2D eigenvalue weighted by Gasteiger charge is -2.21. The monoisotopic (exact) mass is 1410 g/mol. The average Bonchev–Trinajstić information content (AvgIpc) is 1.45. The minimum absolute atomic E-state index is 0.107. The molecular formula is C77H150O17P2. The number of aliphatic hydroxyl groups excluding tert-OH is 1. The Morgan fingerprint density at radius 1 is 0.250 bits per heavy atom. The highest BCUT2D eigenvalue weighted by molar-refractivity contribution is 7.47. The largest absolute Gasteiger partial charge is 0.472 e. The van der Waals surface area contributed by atoms with E-state index >= 15 is 0 Å². The summed E-state index contributed by atoms with van der Waals surface area (Å²) in [5.41, 5.74) is 0. The van der Waals surface area contributed by atoms with Gasteiger partial charge in [-0.25, -0.2) is 9.13 Å². The summed E-state index contributed by atoms with van der Waals surface area (Å²) in [6.07, 6.45) is 62.4. The maximum Gasteiger partial charge on any atom is 0.472 e. The Morgan fingerprint density at radius 3 is 0.615 bits per heavy atom. The van der Waals surface area contributed by atoms with E-state index in [-0.39, 0.29) is 25.7 Å². The molecule has 0 spiro atoms. The third-order valence-corrected chi connectivity index (χ3v) is 20.0. The van der Waals surface area contributed by atoms with Crippen LogP contribution in [0.15, 0.2) is 0 Å². The van der Waals surface area contributed by atoms with E-state index in [9.17, 15) is 43.2 Å².